The van der Waals surface area contributed by atoms with E-state index in [-0.39, 0.29) is 30.9 Å². The van der Waals surface area contributed by atoms with Crippen LogP contribution in [0.1, 0.15) is 23.2 Å². The summed E-state index contributed by atoms with van der Waals surface area (Å²) in [5, 5.41) is 15.6. The first-order chi connectivity index (χ1) is 12.8. The van der Waals surface area contributed by atoms with E-state index < -0.39 is 23.8 Å². The number of urea groups is 1. The second-order valence-electron chi connectivity index (χ2n) is 4.97. The number of aliphatic carboxylic acids is 1. The topological polar surface area (TPSA) is 189 Å². The first-order valence-electron chi connectivity index (χ1n) is 7.55. The largest absolute Gasteiger partial charge is 0.481 e. The number of carbonyl (C=O) groups excluding carboxylic acids is 3. The van der Waals surface area contributed by atoms with Crippen LogP contribution < -0.4 is 27.4 Å². The number of primary amides is 1. The van der Waals surface area contributed by atoms with Gasteiger partial charge in [0.1, 0.15) is 0 Å². The van der Waals surface area contributed by atoms with Crippen LogP contribution in [0.4, 0.5) is 10.5 Å². The summed E-state index contributed by atoms with van der Waals surface area (Å²) < 4.78 is 0. The molecule has 8 N–H and O–H groups in total. The monoisotopic (exact) mass is 374 g/mol. The molecule has 0 aliphatic carbocycles. The van der Waals surface area contributed by atoms with Crippen molar-refractivity contribution in [3.05, 3.63) is 29.8 Å². The molecule has 1 aromatic rings. The van der Waals surface area contributed by atoms with Crippen LogP contribution in [0.15, 0.2) is 29.3 Å². The van der Waals surface area contributed by atoms with Gasteiger partial charge in [-0.25, -0.2) is 4.79 Å². The number of anilines is 1. The summed E-state index contributed by atoms with van der Waals surface area (Å²) in [5.41, 5.74) is 10.9. The van der Waals surface area contributed by atoms with E-state index in [1.54, 1.807) is 12.1 Å². The van der Waals surface area contributed by atoms with E-state index in [2.05, 4.69) is 32.9 Å². The van der Waals surface area contributed by atoms with Crippen molar-refractivity contribution >= 4 is 35.5 Å². The smallest absolute Gasteiger partial charge is 0.341 e. The highest BCUT2D eigenvalue weighted by atomic mass is 16.4. The number of guanidine groups is 1. The summed E-state index contributed by atoms with van der Waals surface area (Å²) in [7, 11) is 0. The molecule has 0 aliphatic heterocycles. The first-order valence-corrected chi connectivity index (χ1v) is 7.55. The van der Waals surface area contributed by atoms with Gasteiger partial charge in [-0.05, 0) is 18.2 Å². The van der Waals surface area contributed by atoms with Crippen LogP contribution in [0.25, 0.3) is 0 Å². The Bertz CT molecular complexity index is 824. The van der Waals surface area contributed by atoms with Gasteiger partial charge in [0.25, 0.3) is 11.8 Å². The molecule has 1 rings (SSSR count). The Hall–Kier alpha value is -4.07. The van der Waals surface area contributed by atoms with Crippen molar-refractivity contribution in [2.75, 3.05) is 11.9 Å². The average molecular weight is 374 g/mol. The molecule has 11 nitrogen and oxygen atoms in total. The lowest BCUT2D eigenvalue weighted by Gasteiger charge is -2.08. The predicted octanol–water partition coefficient (Wildman–Crippen LogP) is -0.836. The van der Waals surface area contributed by atoms with Crippen LogP contribution in [0.2, 0.25) is 0 Å². The lowest BCUT2D eigenvalue weighted by atomic mass is 10.2. The van der Waals surface area contributed by atoms with Gasteiger partial charge in [-0.1, -0.05) is 12.0 Å². The van der Waals surface area contributed by atoms with Gasteiger partial charge in [0.15, 0.2) is 0 Å². The van der Waals surface area contributed by atoms with Gasteiger partial charge in [0, 0.05) is 23.7 Å². The maximum absolute atomic E-state index is 12.1. The number of hydrogen-bond acceptors (Lipinski definition) is 4. The van der Waals surface area contributed by atoms with Crippen LogP contribution >= 0.6 is 0 Å². The van der Waals surface area contributed by atoms with Crippen LogP contribution in [0, 0.1) is 12.0 Å². The molecule has 0 saturated heterocycles. The van der Waals surface area contributed by atoms with Gasteiger partial charge in [0.2, 0.25) is 5.96 Å². The lowest BCUT2D eigenvalue weighted by Crippen LogP contribution is -2.35. The van der Waals surface area contributed by atoms with Gasteiger partial charge < -0.3 is 27.2 Å². The Morgan fingerprint density at radius 2 is 1.93 bits per heavy atom. The Balaban J connectivity index is 2.53. The molecule has 1 aromatic carbocycles. The fraction of sp³-hybridized carbons (Fsp3) is 0.188. The van der Waals surface area contributed by atoms with Gasteiger partial charge >= 0.3 is 12.0 Å². The number of nitrogens with zero attached hydrogens (tertiary/aromatic N) is 1. The number of hydrogen-bond donors (Lipinski definition) is 6. The molecule has 0 bridgehead atoms. The van der Waals surface area contributed by atoms with Crippen LogP contribution in [0.5, 0.6) is 0 Å². The molecule has 11 heteroatoms. The van der Waals surface area contributed by atoms with Crippen molar-refractivity contribution in [3.8, 4) is 12.0 Å². The van der Waals surface area contributed by atoms with E-state index in [1.807, 2.05) is 0 Å². The molecular weight excluding hydrogens is 356 g/mol. The molecule has 0 radical (unpaired) electrons. The summed E-state index contributed by atoms with van der Waals surface area (Å²) in [4.78, 5) is 47.8. The Kier molecular flexibility index (Phi) is 8.33. The maximum atomic E-state index is 12.1. The van der Waals surface area contributed by atoms with Crippen molar-refractivity contribution in [2.24, 2.45) is 16.5 Å². The second-order valence-corrected chi connectivity index (χ2v) is 4.97. The molecule has 0 atom stereocenters. The van der Waals surface area contributed by atoms with Crippen molar-refractivity contribution < 1.29 is 24.3 Å². The van der Waals surface area contributed by atoms with E-state index in [9.17, 15) is 19.2 Å². The number of nitrogens with two attached hydrogens (primary N) is 2. The standard InChI is InChI=1S/C16H18N6O5/c17-15(22-16(18)27)21-11-5-3-4-10(8-11)14(26)20-9-12(23)19-7-2-1-6-13(24)25/h3-5,8H,1,6,9H2,(H,19,23)(H,20,26)(H,24,25)(H5,17,18,21,22,27). The quantitative estimate of drug-likeness (QED) is 0.162. The fourth-order valence-electron chi connectivity index (χ4n) is 1.69. The van der Waals surface area contributed by atoms with E-state index in [1.165, 1.54) is 12.1 Å². The molecule has 0 unspecified atom stereocenters. The number of aliphatic imine (C=N–C) groups is 1. The third-order valence-electron chi connectivity index (χ3n) is 2.79. The highest BCUT2D eigenvalue weighted by Crippen LogP contribution is 2.10. The van der Waals surface area contributed by atoms with Crippen molar-refractivity contribution in [1.82, 2.24) is 10.6 Å². The summed E-state index contributed by atoms with van der Waals surface area (Å²) in [6.45, 7) is -0.324. The fourth-order valence-corrected chi connectivity index (χ4v) is 1.69. The maximum Gasteiger partial charge on any atom is 0.341 e. The first kappa shape index (κ1) is 21.0. The molecule has 0 aliphatic rings. The summed E-state index contributed by atoms with van der Waals surface area (Å²) in [5.74, 6) is 0.160. The second kappa shape index (κ2) is 10.7. The molecule has 0 spiro atoms. The van der Waals surface area contributed by atoms with Gasteiger partial charge in [-0.15, -0.1) is 0 Å². The van der Waals surface area contributed by atoms with E-state index in [0.717, 1.165) is 0 Å². The highest BCUT2D eigenvalue weighted by Gasteiger charge is 2.08. The number of nitrogens with one attached hydrogen (secondary N) is 3. The lowest BCUT2D eigenvalue weighted by molar-refractivity contribution is -0.136. The number of rotatable bonds is 6. The predicted molar refractivity (Wildman–Crippen MR) is 96.4 cm³/mol. The van der Waals surface area contributed by atoms with Crippen molar-refractivity contribution in [3.63, 3.8) is 0 Å². The van der Waals surface area contributed by atoms with Crippen LogP contribution in [0.3, 0.4) is 0 Å². The normalized spacial score (nSPS) is 10.1. The van der Waals surface area contributed by atoms with Crippen LogP contribution in [-0.2, 0) is 9.59 Å². The zero-order valence-corrected chi connectivity index (χ0v) is 14.1. The summed E-state index contributed by atoms with van der Waals surface area (Å²) in [6, 6.07) is 7.42. The van der Waals surface area contributed by atoms with Gasteiger partial charge in [-0.2, -0.15) is 4.99 Å². The van der Waals surface area contributed by atoms with Crippen LogP contribution in [-0.4, -0.2) is 41.4 Å². The number of carboxylic acid groups (broad SMARTS) is 1. The summed E-state index contributed by atoms with van der Waals surface area (Å²) in [6.07, 6.45) is -0.0252. The number of carboxylic acids is 1. The average Bonchev–Trinajstić information content (AvgIpc) is 2.58. The summed E-state index contributed by atoms with van der Waals surface area (Å²) >= 11 is 0. The zero-order chi connectivity index (χ0) is 20.2. The van der Waals surface area contributed by atoms with E-state index in [4.69, 9.17) is 16.6 Å². The van der Waals surface area contributed by atoms with Gasteiger partial charge in [-0.3, -0.25) is 19.7 Å². The zero-order valence-electron chi connectivity index (χ0n) is 14.1. The minimum atomic E-state index is -0.984. The molecule has 4 amide bonds. The minimum absolute atomic E-state index is 0.101. The third kappa shape index (κ3) is 9.11. The van der Waals surface area contributed by atoms with E-state index >= 15 is 0 Å². The molecule has 0 heterocycles. The molecule has 0 aromatic heterocycles. The number of amides is 4. The third-order valence-corrected chi connectivity index (χ3v) is 2.79. The Labute approximate surface area is 154 Å². The number of benzene rings is 1. The SMILES string of the molecule is NC(=O)N=C(N)Nc1cccc(C(=O)NCC(=O)NC#CCCC(=O)O)c1. The molecule has 142 valence electrons. The molecule has 0 saturated carbocycles. The molecule has 0 fully saturated rings. The number of carbonyl (C=O) groups is 4. The minimum Gasteiger partial charge on any atom is -0.481 e. The van der Waals surface area contributed by atoms with Gasteiger partial charge in [0.05, 0.1) is 13.0 Å². The Morgan fingerprint density at radius 3 is 2.59 bits per heavy atom. The van der Waals surface area contributed by atoms with E-state index in [0.29, 0.717) is 5.69 Å². The van der Waals surface area contributed by atoms with Crippen molar-refractivity contribution in [1.29, 1.82) is 0 Å². The Morgan fingerprint density at radius 1 is 1.19 bits per heavy atom. The molecular formula is C16H18N6O5. The van der Waals surface area contributed by atoms with Crippen molar-refractivity contribution in [2.45, 2.75) is 12.8 Å². The molecule has 27 heavy (non-hydrogen) atoms. The highest BCUT2D eigenvalue weighted by molar-refractivity contribution is 6.01.